The molecular weight excluding hydrogens is 444 g/mol. The number of nitrogens with one attached hydrogen (secondary N) is 1. The number of anilines is 1. The SMILES string of the molecule is COc1ccc(N(CC(=O)NCCOc2ccccc2OC)S(=O)(=O)c2ccccc2)cc1. The van der Waals surface area contributed by atoms with Crippen molar-refractivity contribution in [2.75, 3.05) is 38.2 Å². The van der Waals surface area contributed by atoms with Crippen molar-refractivity contribution in [1.82, 2.24) is 5.32 Å². The van der Waals surface area contributed by atoms with E-state index in [9.17, 15) is 13.2 Å². The lowest BCUT2D eigenvalue weighted by atomic mass is 10.3. The molecule has 0 heterocycles. The summed E-state index contributed by atoms with van der Waals surface area (Å²) in [6.07, 6.45) is 0. The Kier molecular flexibility index (Phi) is 8.15. The Morgan fingerprint density at radius 2 is 1.48 bits per heavy atom. The number of hydrogen-bond donors (Lipinski definition) is 1. The van der Waals surface area contributed by atoms with Gasteiger partial charge in [0.1, 0.15) is 18.9 Å². The van der Waals surface area contributed by atoms with Crippen LogP contribution in [0.3, 0.4) is 0 Å². The van der Waals surface area contributed by atoms with Crippen molar-refractivity contribution in [3.05, 3.63) is 78.9 Å². The number of benzene rings is 3. The van der Waals surface area contributed by atoms with Crippen molar-refractivity contribution in [3.8, 4) is 17.2 Å². The van der Waals surface area contributed by atoms with Gasteiger partial charge in [0.25, 0.3) is 10.0 Å². The first-order valence-electron chi connectivity index (χ1n) is 10.2. The summed E-state index contributed by atoms with van der Waals surface area (Å²) in [4.78, 5) is 12.7. The molecule has 0 bridgehead atoms. The van der Waals surface area contributed by atoms with Gasteiger partial charge in [0, 0.05) is 0 Å². The molecule has 0 fully saturated rings. The molecule has 1 N–H and O–H groups in total. The molecule has 0 saturated heterocycles. The van der Waals surface area contributed by atoms with Gasteiger partial charge < -0.3 is 19.5 Å². The van der Waals surface area contributed by atoms with Crippen LogP contribution in [0.15, 0.2) is 83.8 Å². The Balaban J connectivity index is 1.69. The highest BCUT2D eigenvalue weighted by Gasteiger charge is 2.27. The maximum absolute atomic E-state index is 13.3. The minimum Gasteiger partial charge on any atom is -0.497 e. The number of ether oxygens (including phenoxy) is 3. The monoisotopic (exact) mass is 470 g/mol. The first kappa shape index (κ1) is 23.9. The van der Waals surface area contributed by atoms with Crippen LogP contribution in [-0.4, -0.2) is 48.2 Å². The van der Waals surface area contributed by atoms with E-state index in [4.69, 9.17) is 14.2 Å². The van der Waals surface area contributed by atoms with Crippen LogP contribution in [0.2, 0.25) is 0 Å². The predicted molar refractivity (Wildman–Crippen MR) is 125 cm³/mol. The number of sulfonamides is 1. The van der Waals surface area contributed by atoms with Crippen LogP contribution in [0.4, 0.5) is 5.69 Å². The summed E-state index contributed by atoms with van der Waals surface area (Å²) in [6.45, 7) is -0.00296. The molecule has 0 aliphatic carbocycles. The average Bonchev–Trinajstić information content (AvgIpc) is 2.86. The van der Waals surface area contributed by atoms with E-state index in [1.807, 2.05) is 12.1 Å². The van der Waals surface area contributed by atoms with Gasteiger partial charge in [-0.3, -0.25) is 9.10 Å². The first-order valence-corrected chi connectivity index (χ1v) is 11.6. The zero-order chi connectivity index (χ0) is 23.7. The number of nitrogens with zero attached hydrogens (tertiary/aromatic N) is 1. The van der Waals surface area contributed by atoms with Crippen LogP contribution >= 0.6 is 0 Å². The fraction of sp³-hybridized carbons (Fsp3) is 0.208. The second-order valence-electron chi connectivity index (χ2n) is 6.87. The maximum atomic E-state index is 13.3. The van der Waals surface area contributed by atoms with E-state index in [2.05, 4.69) is 5.32 Å². The van der Waals surface area contributed by atoms with Crippen LogP contribution in [0.5, 0.6) is 17.2 Å². The fourth-order valence-electron chi connectivity index (χ4n) is 3.06. The summed E-state index contributed by atoms with van der Waals surface area (Å²) < 4.78 is 43.7. The molecule has 0 radical (unpaired) electrons. The van der Waals surface area contributed by atoms with Gasteiger partial charge in [0.05, 0.1) is 31.3 Å². The molecule has 0 atom stereocenters. The van der Waals surface area contributed by atoms with Crippen molar-refractivity contribution in [2.45, 2.75) is 4.90 Å². The average molecular weight is 471 g/mol. The third kappa shape index (κ3) is 6.17. The first-order chi connectivity index (χ1) is 16.0. The molecule has 3 aromatic rings. The molecule has 0 saturated carbocycles. The lowest BCUT2D eigenvalue weighted by Crippen LogP contribution is -2.41. The summed E-state index contributed by atoms with van der Waals surface area (Å²) >= 11 is 0. The lowest BCUT2D eigenvalue weighted by Gasteiger charge is -2.24. The fourth-order valence-corrected chi connectivity index (χ4v) is 4.50. The van der Waals surface area contributed by atoms with Gasteiger partial charge in [-0.25, -0.2) is 8.42 Å². The maximum Gasteiger partial charge on any atom is 0.264 e. The Bertz CT molecular complexity index is 1150. The van der Waals surface area contributed by atoms with Crippen LogP contribution in [0, 0.1) is 0 Å². The number of rotatable bonds is 11. The van der Waals surface area contributed by atoms with Gasteiger partial charge in [-0.15, -0.1) is 0 Å². The van der Waals surface area contributed by atoms with Crippen LogP contribution in [-0.2, 0) is 14.8 Å². The standard InChI is InChI=1S/C24H26N2O6S/c1-30-20-14-12-19(13-15-20)26(33(28,29)21-8-4-3-5-9-21)18-24(27)25-16-17-32-23-11-7-6-10-22(23)31-2/h3-15H,16-18H2,1-2H3,(H,25,27). The number of carbonyl (C=O) groups is 1. The van der Waals surface area contributed by atoms with Crippen LogP contribution < -0.4 is 23.8 Å². The quantitative estimate of drug-likeness (QED) is 0.433. The highest BCUT2D eigenvalue weighted by Crippen LogP contribution is 2.26. The molecule has 0 aliphatic rings. The second kappa shape index (κ2) is 11.2. The summed E-state index contributed by atoms with van der Waals surface area (Å²) in [5.74, 6) is 1.26. The van der Waals surface area contributed by atoms with Crippen molar-refractivity contribution in [2.24, 2.45) is 0 Å². The van der Waals surface area contributed by atoms with E-state index in [1.165, 1.54) is 19.2 Å². The van der Waals surface area contributed by atoms with Gasteiger partial charge in [0.2, 0.25) is 5.91 Å². The van der Waals surface area contributed by atoms with E-state index in [-0.39, 0.29) is 18.0 Å². The number of para-hydroxylation sites is 2. The Morgan fingerprint density at radius 3 is 2.12 bits per heavy atom. The minimum absolute atomic E-state index is 0.0909. The van der Waals surface area contributed by atoms with Gasteiger partial charge in [-0.2, -0.15) is 0 Å². The molecule has 9 heteroatoms. The van der Waals surface area contributed by atoms with Gasteiger partial charge >= 0.3 is 0 Å². The summed E-state index contributed by atoms with van der Waals surface area (Å²) in [7, 11) is -0.899. The highest BCUT2D eigenvalue weighted by molar-refractivity contribution is 7.92. The topological polar surface area (TPSA) is 94.2 Å². The van der Waals surface area contributed by atoms with Crippen LogP contribution in [0.25, 0.3) is 0 Å². The summed E-state index contributed by atoms with van der Waals surface area (Å²) in [5.41, 5.74) is 0.347. The lowest BCUT2D eigenvalue weighted by molar-refractivity contribution is -0.119. The molecule has 3 aromatic carbocycles. The molecule has 33 heavy (non-hydrogen) atoms. The third-order valence-electron chi connectivity index (χ3n) is 4.73. The van der Waals surface area contributed by atoms with E-state index in [0.29, 0.717) is 22.9 Å². The number of methoxy groups -OCH3 is 2. The molecule has 0 aliphatic heterocycles. The predicted octanol–water partition coefficient (Wildman–Crippen LogP) is 3.09. The molecule has 0 spiro atoms. The molecule has 174 valence electrons. The Hall–Kier alpha value is -3.72. The largest absolute Gasteiger partial charge is 0.497 e. The number of hydrogen-bond acceptors (Lipinski definition) is 6. The molecule has 3 rings (SSSR count). The van der Waals surface area contributed by atoms with Gasteiger partial charge in [-0.1, -0.05) is 30.3 Å². The molecular formula is C24H26N2O6S. The van der Waals surface area contributed by atoms with Crippen LogP contribution in [0.1, 0.15) is 0 Å². The second-order valence-corrected chi connectivity index (χ2v) is 8.73. The number of carbonyl (C=O) groups excluding carboxylic acids is 1. The summed E-state index contributed by atoms with van der Waals surface area (Å²) in [6, 6.07) is 21.6. The smallest absolute Gasteiger partial charge is 0.264 e. The van der Waals surface area contributed by atoms with Crippen molar-refractivity contribution < 1.29 is 27.4 Å². The van der Waals surface area contributed by atoms with Crippen molar-refractivity contribution in [1.29, 1.82) is 0 Å². The van der Waals surface area contributed by atoms with Crippen molar-refractivity contribution >= 4 is 21.6 Å². The van der Waals surface area contributed by atoms with Gasteiger partial charge in [-0.05, 0) is 48.5 Å². The highest BCUT2D eigenvalue weighted by atomic mass is 32.2. The van der Waals surface area contributed by atoms with E-state index in [1.54, 1.807) is 61.7 Å². The minimum atomic E-state index is -3.97. The molecule has 1 amide bonds. The Labute approximate surface area is 193 Å². The van der Waals surface area contributed by atoms with E-state index < -0.39 is 22.5 Å². The Morgan fingerprint density at radius 1 is 0.848 bits per heavy atom. The van der Waals surface area contributed by atoms with E-state index in [0.717, 1.165) is 4.31 Å². The molecule has 8 nitrogen and oxygen atoms in total. The normalized spacial score (nSPS) is 10.8. The molecule has 0 aromatic heterocycles. The number of amides is 1. The van der Waals surface area contributed by atoms with Gasteiger partial charge in [0.15, 0.2) is 11.5 Å². The third-order valence-corrected chi connectivity index (χ3v) is 6.52. The zero-order valence-electron chi connectivity index (χ0n) is 18.4. The zero-order valence-corrected chi connectivity index (χ0v) is 19.2. The molecule has 0 unspecified atom stereocenters. The van der Waals surface area contributed by atoms with E-state index >= 15 is 0 Å². The summed E-state index contributed by atoms with van der Waals surface area (Å²) in [5, 5.41) is 2.70. The van der Waals surface area contributed by atoms with Crippen molar-refractivity contribution in [3.63, 3.8) is 0 Å².